The van der Waals surface area contributed by atoms with Crippen LogP contribution in [0, 0.1) is 23.7 Å². The molecule has 0 radical (unpaired) electrons. The molecule has 118 valence electrons. The van der Waals surface area contributed by atoms with Crippen LogP contribution < -0.4 is 0 Å². The van der Waals surface area contributed by atoms with Gasteiger partial charge in [0.05, 0.1) is 6.10 Å². The molecule has 0 bridgehead atoms. The van der Waals surface area contributed by atoms with Crippen molar-refractivity contribution in [1.29, 1.82) is 0 Å². The fourth-order valence-electron chi connectivity index (χ4n) is 4.83. The molecule has 2 heteroatoms. The molecule has 2 nitrogen and oxygen atoms in total. The van der Waals surface area contributed by atoms with Crippen LogP contribution in [0.15, 0.2) is 0 Å². The van der Waals surface area contributed by atoms with Crippen LogP contribution >= 0.6 is 0 Å². The van der Waals surface area contributed by atoms with Crippen LogP contribution in [0.5, 0.6) is 0 Å². The zero-order valence-corrected chi connectivity index (χ0v) is 13.3. The van der Waals surface area contributed by atoms with Gasteiger partial charge >= 0.3 is 0 Å². The normalized spacial score (nSPS) is 27.1. The Bertz CT molecular complexity index is 228. The van der Waals surface area contributed by atoms with Gasteiger partial charge in [0.25, 0.3) is 0 Å². The molecule has 2 fully saturated rings. The van der Waals surface area contributed by atoms with Gasteiger partial charge in [0.2, 0.25) is 0 Å². The van der Waals surface area contributed by atoms with E-state index in [1.807, 2.05) is 0 Å². The molecule has 2 rings (SSSR count). The maximum Gasteiger partial charge on any atom is 0.0623 e. The summed E-state index contributed by atoms with van der Waals surface area (Å²) in [6, 6.07) is 0. The van der Waals surface area contributed by atoms with Gasteiger partial charge in [-0.1, -0.05) is 77.6 Å². The molecule has 0 aromatic heterocycles. The predicted octanol–water partition coefficient (Wildman–Crippen LogP) is 4.14. The van der Waals surface area contributed by atoms with Gasteiger partial charge in [-0.15, -0.1) is 0 Å². The molecule has 2 saturated carbocycles. The van der Waals surface area contributed by atoms with E-state index in [0.29, 0.717) is 17.8 Å². The van der Waals surface area contributed by atoms with Crippen LogP contribution in [0.2, 0.25) is 0 Å². The van der Waals surface area contributed by atoms with Crippen molar-refractivity contribution in [2.75, 3.05) is 6.61 Å². The average Bonchev–Trinajstić information content (AvgIpc) is 2.51. The fraction of sp³-hybridized carbons (Fsp3) is 1.00. The maximum absolute atomic E-state index is 10.9. The van der Waals surface area contributed by atoms with E-state index >= 15 is 0 Å². The smallest absolute Gasteiger partial charge is 0.0623 e. The van der Waals surface area contributed by atoms with Gasteiger partial charge in [-0.05, 0) is 17.8 Å². The predicted molar refractivity (Wildman–Crippen MR) is 83.5 cm³/mol. The Kier molecular flexibility index (Phi) is 6.83. The largest absolute Gasteiger partial charge is 0.396 e. The molecule has 3 unspecified atom stereocenters. The molecule has 3 atom stereocenters. The number of aliphatic hydroxyl groups is 2. The summed E-state index contributed by atoms with van der Waals surface area (Å²) in [6.45, 7) is 2.40. The minimum absolute atomic E-state index is 0.127. The van der Waals surface area contributed by atoms with Gasteiger partial charge in [-0.3, -0.25) is 0 Å². The topological polar surface area (TPSA) is 40.5 Å². The number of rotatable bonds is 6. The molecule has 0 aromatic rings. The lowest BCUT2D eigenvalue weighted by atomic mass is 9.69. The summed E-state index contributed by atoms with van der Waals surface area (Å²) in [7, 11) is 0. The van der Waals surface area contributed by atoms with Crippen molar-refractivity contribution in [2.45, 2.75) is 83.7 Å². The van der Waals surface area contributed by atoms with Gasteiger partial charge in [-0.25, -0.2) is 0 Å². The van der Waals surface area contributed by atoms with E-state index in [9.17, 15) is 10.2 Å². The van der Waals surface area contributed by atoms with Gasteiger partial charge in [0.1, 0.15) is 0 Å². The molecule has 0 saturated heterocycles. The summed E-state index contributed by atoms with van der Waals surface area (Å²) >= 11 is 0. The third-order valence-corrected chi connectivity index (χ3v) is 6.07. The summed E-state index contributed by atoms with van der Waals surface area (Å²) in [4.78, 5) is 0. The van der Waals surface area contributed by atoms with E-state index in [0.717, 1.165) is 6.42 Å². The van der Waals surface area contributed by atoms with Crippen molar-refractivity contribution in [1.82, 2.24) is 0 Å². The summed E-state index contributed by atoms with van der Waals surface area (Å²) in [5.41, 5.74) is 0. The third-order valence-electron chi connectivity index (χ3n) is 6.07. The maximum atomic E-state index is 10.9. The van der Waals surface area contributed by atoms with E-state index in [4.69, 9.17) is 0 Å². The van der Waals surface area contributed by atoms with Crippen LogP contribution in [0.1, 0.15) is 77.6 Å². The van der Waals surface area contributed by atoms with E-state index < -0.39 is 0 Å². The number of aliphatic hydroxyl groups excluding tert-OH is 2. The summed E-state index contributed by atoms with van der Waals surface area (Å²) < 4.78 is 0. The first kappa shape index (κ1) is 16.3. The third kappa shape index (κ3) is 3.98. The van der Waals surface area contributed by atoms with Crippen LogP contribution in [0.4, 0.5) is 0 Å². The van der Waals surface area contributed by atoms with Gasteiger partial charge < -0.3 is 10.2 Å². The van der Waals surface area contributed by atoms with Crippen molar-refractivity contribution >= 4 is 0 Å². The first-order chi connectivity index (χ1) is 9.77. The molecule has 20 heavy (non-hydrogen) atoms. The van der Waals surface area contributed by atoms with Crippen molar-refractivity contribution < 1.29 is 10.2 Å². The lowest BCUT2D eigenvalue weighted by Gasteiger charge is -2.39. The Morgan fingerprint density at radius 2 is 1.25 bits per heavy atom. The van der Waals surface area contributed by atoms with Gasteiger partial charge in [0.15, 0.2) is 0 Å². The molecule has 0 aromatic carbocycles. The summed E-state index contributed by atoms with van der Waals surface area (Å²) in [5.74, 6) is 1.79. The first-order valence-electron chi connectivity index (χ1n) is 9.06. The lowest BCUT2D eigenvalue weighted by molar-refractivity contribution is -0.0373. The van der Waals surface area contributed by atoms with Gasteiger partial charge in [-0.2, -0.15) is 0 Å². The van der Waals surface area contributed by atoms with Crippen LogP contribution in [0.3, 0.4) is 0 Å². The molecular weight excluding hydrogens is 248 g/mol. The van der Waals surface area contributed by atoms with E-state index in [-0.39, 0.29) is 18.6 Å². The number of hydrogen-bond donors (Lipinski definition) is 2. The standard InChI is InChI=1S/C18H34O2/c1-2-16(14-9-5-3-6-10-14)18(20)17(13-19)15-11-7-4-8-12-15/h14-20H,2-13H2,1H3. The molecule has 0 amide bonds. The fourth-order valence-corrected chi connectivity index (χ4v) is 4.83. The van der Waals surface area contributed by atoms with Crippen molar-refractivity contribution in [2.24, 2.45) is 23.7 Å². The second-order valence-corrected chi connectivity index (χ2v) is 7.21. The highest BCUT2D eigenvalue weighted by Crippen LogP contribution is 2.39. The van der Waals surface area contributed by atoms with Crippen LogP contribution in [-0.2, 0) is 0 Å². The average molecular weight is 282 g/mol. The Morgan fingerprint density at radius 3 is 1.65 bits per heavy atom. The van der Waals surface area contributed by atoms with Gasteiger partial charge in [0, 0.05) is 12.5 Å². The Balaban J connectivity index is 1.98. The summed E-state index contributed by atoms with van der Waals surface area (Å²) in [5, 5.41) is 20.7. The van der Waals surface area contributed by atoms with Crippen LogP contribution in [-0.4, -0.2) is 22.9 Å². The highest BCUT2D eigenvalue weighted by Gasteiger charge is 2.36. The van der Waals surface area contributed by atoms with E-state index in [1.54, 1.807) is 0 Å². The number of hydrogen-bond acceptors (Lipinski definition) is 2. The quantitative estimate of drug-likeness (QED) is 0.768. The van der Waals surface area contributed by atoms with Crippen molar-refractivity contribution in [3.8, 4) is 0 Å². The Hall–Kier alpha value is -0.0800. The first-order valence-corrected chi connectivity index (χ1v) is 9.06. The second-order valence-electron chi connectivity index (χ2n) is 7.21. The molecule has 0 aliphatic heterocycles. The molecule has 0 heterocycles. The molecule has 0 spiro atoms. The second kappa shape index (κ2) is 8.38. The minimum atomic E-state index is -0.281. The Morgan fingerprint density at radius 1 is 0.800 bits per heavy atom. The monoisotopic (exact) mass is 282 g/mol. The zero-order valence-electron chi connectivity index (χ0n) is 13.3. The lowest BCUT2D eigenvalue weighted by Crippen LogP contribution is -2.40. The molecular formula is C18H34O2. The van der Waals surface area contributed by atoms with E-state index in [2.05, 4.69) is 6.92 Å². The van der Waals surface area contributed by atoms with E-state index in [1.165, 1.54) is 64.2 Å². The highest BCUT2D eigenvalue weighted by molar-refractivity contribution is 4.86. The van der Waals surface area contributed by atoms with Crippen molar-refractivity contribution in [3.05, 3.63) is 0 Å². The highest BCUT2D eigenvalue weighted by atomic mass is 16.3. The Labute approximate surface area is 125 Å². The zero-order chi connectivity index (χ0) is 14.4. The molecule has 2 aliphatic carbocycles. The minimum Gasteiger partial charge on any atom is -0.396 e. The van der Waals surface area contributed by atoms with Crippen molar-refractivity contribution in [3.63, 3.8) is 0 Å². The molecule has 2 aliphatic rings. The molecule has 2 N–H and O–H groups in total. The summed E-state index contributed by atoms with van der Waals surface area (Å²) in [6.07, 6.45) is 13.7. The van der Waals surface area contributed by atoms with Crippen LogP contribution in [0.25, 0.3) is 0 Å². The SMILES string of the molecule is CCC(C1CCCCC1)C(O)C(CO)C1CCCCC1.